The van der Waals surface area contributed by atoms with Crippen molar-refractivity contribution in [3.8, 4) is 0 Å². The molecule has 1 aromatic carbocycles. The Morgan fingerprint density at radius 3 is 2.68 bits per heavy atom. The predicted molar refractivity (Wildman–Crippen MR) is 70.4 cm³/mol. The second-order valence-electron chi connectivity index (χ2n) is 4.56. The maximum atomic E-state index is 11.7. The van der Waals surface area contributed by atoms with E-state index in [1.165, 1.54) is 25.0 Å². The molecule has 0 radical (unpaired) electrons. The number of benzene rings is 1. The van der Waals surface area contributed by atoms with Gasteiger partial charge in [0.05, 0.1) is 17.2 Å². The average Bonchev–Trinajstić information content (AvgIpc) is 3.12. The number of hydrogen-bond acceptors (Lipinski definition) is 4. The molecule has 2 rings (SSSR count). The quantitative estimate of drug-likeness (QED) is 0.842. The summed E-state index contributed by atoms with van der Waals surface area (Å²) in [6.07, 6.45) is 3.23. The van der Waals surface area contributed by atoms with E-state index >= 15 is 0 Å². The van der Waals surface area contributed by atoms with Gasteiger partial charge >= 0.3 is 5.97 Å². The molecule has 2 N–H and O–H groups in total. The van der Waals surface area contributed by atoms with Crippen molar-refractivity contribution in [2.24, 2.45) is 11.1 Å². The lowest BCUT2D eigenvalue weighted by molar-refractivity contribution is 0.0494. The highest BCUT2D eigenvalue weighted by Crippen LogP contribution is 2.32. The first-order valence-electron chi connectivity index (χ1n) is 5.87. The summed E-state index contributed by atoms with van der Waals surface area (Å²) in [6, 6.07) is 3.87. The molecule has 1 aromatic rings. The van der Waals surface area contributed by atoms with Gasteiger partial charge in [-0.2, -0.15) is 0 Å². The lowest BCUT2D eigenvalue weighted by Gasteiger charge is -2.06. The van der Waals surface area contributed by atoms with E-state index in [4.69, 9.17) is 21.5 Å². The minimum Gasteiger partial charge on any atom is -0.462 e. The van der Waals surface area contributed by atoms with Crippen molar-refractivity contribution in [2.75, 3.05) is 6.61 Å². The fourth-order valence-electron chi connectivity index (χ4n) is 1.66. The molecule has 0 unspecified atom stereocenters. The number of primary sulfonamides is 1. The maximum Gasteiger partial charge on any atom is 0.338 e. The molecule has 1 aliphatic carbocycles. The molecule has 5 nitrogen and oxygen atoms in total. The van der Waals surface area contributed by atoms with Crippen LogP contribution in [0.15, 0.2) is 23.1 Å². The van der Waals surface area contributed by atoms with Crippen LogP contribution in [-0.2, 0) is 14.8 Å². The van der Waals surface area contributed by atoms with Gasteiger partial charge in [-0.05, 0) is 30.5 Å². The Morgan fingerprint density at radius 2 is 2.11 bits per heavy atom. The molecule has 0 aromatic heterocycles. The van der Waals surface area contributed by atoms with Gasteiger partial charge in [-0.15, -0.1) is 0 Å². The molecule has 1 aliphatic rings. The monoisotopic (exact) mass is 303 g/mol. The second-order valence-corrected chi connectivity index (χ2v) is 6.50. The fourth-order valence-corrected chi connectivity index (χ4v) is 2.73. The molecule has 104 valence electrons. The van der Waals surface area contributed by atoms with E-state index in [1.807, 2.05) is 0 Å². The summed E-state index contributed by atoms with van der Waals surface area (Å²) in [5, 5.41) is 4.99. The summed E-state index contributed by atoms with van der Waals surface area (Å²) in [6.45, 7) is 0.344. The first-order valence-corrected chi connectivity index (χ1v) is 7.80. The third-order valence-corrected chi connectivity index (χ3v) is 4.32. The number of rotatable bonds is 5. The SMILES string of the molecule is NS(=O)(=O)c1cc(C(=O)OCCC2CC2)ccc1Cl. The van der Waals surface area contributed by atoms with Crippen LogP contribution in [0.5, 0.6) is 0 Å². The molecule has 19 heavy (non-hydrogen) atoms. The summed E-state index contributed by atoms with van der Waals surface area (Å²) < 4.78 is 27.6. The van der Waals surface area contributed by atoms with Crippen molar-refractivity contribution in [1.82, 2.24) is 0 Å². The van der Waals surface area contributed by atoms with Crippen LogP contribution in [0.3, 0.4) is 0 Å². The van der Waals surface area contributed by atoms with Crippen LogP contribution in [0.1, 0.15) is 29.6 Å². The summed E-state index contributed by atoms with van der Waals surface area (Å²) in [7, 11) is -3.95. The summed E-state index contributed by atoms with van der Waals surface area (Å²) in [4.78, 5) is 11.5. The molecular weight excluding hydrogens is 290 g/mol. The van der Waals surface area contributed by atoms with Crippen molar-refractivity contribution in [2.45, 2.75) is 24.2 Å². The number of halogens is 1. The number of carbonyl (C=O) groups excluding carboxylic acids is 1. The van der Waals surface area contributed by atoms with Crippen molar-refractivity contribution in [3.05, 3.63) is 28.8 Å². The largest absolute Gasteiger partial charge is 0.462 e. The van der Waals surface area contributed by atoms with Crippen molar-refractivity contribution in [3.63, 3.8) is 0 Å². The topological polar surface area (TPSA) is 86.5 Å². The molecule has 0 aliphatic heterocycles. The molecule has 0 amide bonds. The van der Waals surface area contributed by atoms with E-state index in [2.05, 4.69) is 0 Å². The Balaban J connectivity index is 2.08. The van der Waals surface area contributed by atoms with Crippen LogP contribution in [0.25, 0.3) is 0 Å². The number of nitrogens with two attached hydrogens (primary N) is 1. The zero-order chi connectivity index (χ0) is 14.0. The van der Waals surface area contributed by atoms with Crippen LogP contribution in [-0.4, -0.2) is 21.0 Å². The molecule has 0 bridgehead atoms. The minimum atomic E-state index is -3.95. The predicted octanol–water partition coefficient (Wildman–Crippen LogP) is 1.94. The van der Waals surface area contributed by atoms with E-state index in [1.54, 1.807) is 0 Å². The van der Waals surface area contributed by atoms with Gasteiger partial charge < -0.3 is 4.74 Å². The van der Waals surface area contributed by atoms with Gasteiger partial charge in [-0.1, -0.05) is 24.4 Å². The van der Waals surface area contributed by atoms with Gasteiger partial charge in [0.2, 0.25) is 10.0 Å². The van der Waals surface area contributed by atoms with Gasteiger partial charge in [0.1, 0.15) is 4.90 Å². The Bertz CT molecular complexity index is 596. The lowest BCUT2D eigenvalue weighted by Crippen LogP contribution is -2.14. The van der Waals surface area contributed by atoms with Crippen molar-refractivity contribution in [1.29, 1.82) is 0 Å². The maximum absolute atomic E-state index is 11.7. The Hall–Kier alpha value is -1.11. The minimum absolute atomic E-state index is 0.0166. The van der Waals surface area contributed by atoms with Crippen molar-refractivity contribution < 1.29 is 17.9 Å². The standard InChI is InChI=1S/C12H14ClNO4S/c13-10-4-3-9(7-11(10)19(14,16)17)12(15)18-6-5-8-1-2-8/h3-4,7-8H,1-2,5-6H2,(H2,14,16,17). The summed E-state index contributed by atoms with van der Waals surface area (Å²) in [5.41, 5.74) is 0.129. The zero-order valence-electron chi connectivity index (χ0n) is 10.1. The molecule has 1 fully saturated rings. The summed E-state index contributed by atoms with van der Waals surface area (Å²) in [5.74, 6) is 0.0974. The highest BCUT2D eigenvalue weighted by Gasteiger charge is 2.22. The Kier molecular flexibility index (Phi) is 4.13. The summed E-state index contributed by atoms with van der Waals surface area (Å²) >= 11 is 5.73. The molecule has 7 heteroatoms. The number of esters is 1. The molecule has 0 heterocycles. The van der Waals surface area contributed by atoms with E-state index in [0.717, 1.165) is 12.5 Å². The van der Waals surface area contributed by atoms with E-state index < -0.39 is 16.0 Å². The van der Waals surface area contributed by atoms with Gasteiger partial charge in [-0.25, -0.2) is 18.4 Å². The van der Waals surface area contributed by atoms with Crippen LogP contribution in [0.4, 0.5) is 0 Å². The zero-order valence-corrected chi connectivity index (χ0v) is 11.7. The Labute approximate surface area is 116 Å². The number of hydrogen-bond donors (Lipinski definition) is 1. The highest BCUT2D eigenvalue weighted by atomic mass is 35.5. The van der Waals surface area contributed by atoms with Gasteiger partial charge in [-0.3, -0.25) is 0 Å². The van der Waals surface area contributed by atoms with E-state index in [9.17, 15) is 13.2 Å². The van der Waals surface area contributed by atoms with Crippen LogP contribution < -0.4 is 5.14 Å². The fraction of sp³-hybridized carbons (Fsp3) is 0.417. The second kappa shape index (κ2) is 5.48. The normalized spacial score (nSPS) is 15.3. The molecule has 0 atom stereocenters. The molecule has 1 saturated carbocycles. The highest BCUT2D eigenvalue weighted by molar-refractivity contribution is 7.89. The molecular formula is C12H14ClNO4S. The average molecular weight is 304 g/mol. The van der Waals surface area contributed by atoms with Crippen LogP contribution in [0.2, 0.25) is 5.02 Å². The first kappa shape index (κ1) is 14.3. The van der Waals surface area contributed by atoms with Gasteiger partial charge in [0.25, 0.3) is 0 Å². The van der Waals surface area contributed by atoms with Crippen molar-refractivity contribution >= 4 is 27.6 Å². The smallest absolute Gasteiger partial charge is 0.338 e. The number of carbonyl (C=O) groups is 1. The third kappa shape index (κ3) is 3.92. The van der Waals surface area contributed by atoms with Crippen LogP contribution >= 0.6 is 11.6 Å². The Morgan fingerprint density at radius 1 is 1.42 bits per heavy atom. The molecule has 0 saturated heterocycles. The van der Waals surface area contributed by atoms with Crippen LogP contribution in [0, 0.1) is 5.92 Å². The van der Waals surface area contributed by atoms with Gasteiger partial charge in [0, 0.05) is 0 Å². The number of ether oxygens (including phenoxy) is 1. The molecule has 0 spiro atoms. The number of sulfonamides is 1. The lowest BCUT2D eigenvalue weighted by atomic mass is 10.2. The van der Waals surface area contributed by atoms with Gasteiger partial charge in [0.15, 0.2) is 0 Å². The van der Waals surface area contributed by atoms with E-state index in [0.29, 0.717) is 12.5 Å². The first-order chi connectivity index (χ1) is 8.88. The van der Waals surface area contributed by atoms with E-state index in [-0.39, 0.29) is 15.5 Å². The third-order valence-electron chi connectivity index (χ3n) is 2.93.